The molecule has 3 heterocycles. The summed E-state index contributed by atoms with van der Waals surface area (Å²) in [5.74, 6) is 0.483. The number of aryl methyl sites for hydroxylation is 1. The molecule has 0 aliphatic carbocycles. The highest BCUT2D eigenvalue weighted by atomic mass is 32.1. The Labute approximate surface area is 175 Å². The van der Waals surface area contributed by atoms with Crippen LogP contribution in [0.2, 0.25) is 0 Å². The van der Waals surface area contributed by atoms with Crippen LogP contribution in [-0.2, 0) is 11.2 Å². The minimum Gasteiger partial charge on any atom is -0.321 e. The zero-order valence-electron chi connectivity index (χ0n) is 16.6. The van der Waals surface area contributed by atoms with Crippen molar-refractivity contribution in [3.05, 3.63) is 73.6 Å². The quantitative estimate of drug-likeness (QED) is 0.641. The van der Waals surface area contributed by atoms with E-state index in [1.54, 1.807) is 11.3 Å². The number of thiophene rings is 2. The van der Waals surface area contributed by atoms with E-state index in [4.69, 9.17) is 0 Å². The summed E-state index contributed by atoms with van der Waals surface area (Å²) < 4.78 is 0. The Balaban J connectivity index is 1.56. The zero-order chi connectivity index (χ0) is 19.7. The molecule has 0 fully saturated rings. The van der Waals surface area contributed by atoms with Crippen molar-refractivity contribution in [1.82, 2.24) is 0 Å². The van der Waals surface area contributed by atoms with Crippen molar-refractivity contribution < 1.29 is 9.69 Å². The molecule has 0 saturated carbocycles. The van der Waals surface area contributed by atoms with E-state index in [1.165, 1.54) is 25.8 Å². The summed E-state index contributed by atoms with van der Waals surface area (Å²) in [5.41, 5.74) is 4.73. The molecule has 146 valence electrons. The van der Waals surface area contributed by atoms with Crippen LogP contribution >= 0.6 is 22.7 Å². The Bertz CT molecular complexity index is 959. The SMILES string of the molecule is Cc1cccc(C(C)C)c1NC(=O)C[NH+]1CCc2sccc2[C@H]1c1cccs1. The van der Waals surface area contributed by atoms with Crippen LogP contribution in [0, 0.1) is 6.92 Å². The molecule has 4 rings (SSSR count). The Kier molecular flexibility index (Phi) is 5.67. The van der Waals surface area contributed by atoms with Crippen LogP contribution < -0.4 is 10.2 Å². The molecule has 0 radical (unpaired) electrons. The van der Waals surface area contributed by atoms with Crippen molar-refractivity contribution in [3.63, 3.8) is 0 Å². The molecule has 28 heavy (non-hydrogen) atoms. The van der Waals surface area contributed by atoms with Crippen molar-refractivity contribution in [3.8, 4) is 0 Å². The molecule has 1 unspecified atom stereocenters. The van der Waals surface area contributed by atoms with Gasteiger partial charge in [-0.3, -0.25) is 4.79 Å². The first-order valence-corrected chi connectivity index (χ1v) is 11.6. The van der Waals surface area contributed by atoms with Crippen LogP contribution in [0.1, 0.15) is 52.3 Å². The number of carbonyl (C=O) groups is 1. The molecule has 0 saturated heterocycles. The molecular formula is C23H27N2OS2+. The molecule has 5 heteroatoms. The highest BCUT2D eigenvalue weighted by molar-refractivity contribution is 7.10. The normalized spacial score (nSPS) is 18.9. The maximum Gasteiger partial charge on any atom is 0.279 e. The zero-order valence-corrected chi connectivity index (χ0v) is 18.3. The van der Waals surface area contributed by atoms with Gasteiger partial charge in [-0.2, -0.15) is 0 Å². The third-order valence-corrected chi connectivity index (χ3v) is 7.51. The lowest BCUT2D eigenvalue weighted by Gasteiger charge is -2.32. The van der Waals surface area contributed by atoms with Gasteiger partial charge in [0.25, 0.3) is 5.91 Å². The van der Waals surface area contributed by atoms with Crippen molar-refractivity contribution in [2.45, 2.75) is 39.2 Å². The van der Waals surface area contributed by atoms with E-state index in [0.29, 0.717) is 12.5 Å². The monoisotopic (exact) mass is 411 g/mol. The Morgan fingerprint density at radius 2 is 2.04 bits per heavy atom. The predicted octanol–water partition coefficient (Wildman–Crippen LogP) is 4.41. The fourth-order valence-electron chi connectivity index (χ4n) is 4.18. The van der Waals surface area contributed by atoms with Crippen LogP contribution in [0.4, 0.5) is 5.69 Å². The van der Waals surface area contributed by atoms with Gasteiger partial charge in [-0.25, -0.2) is 0 Å². The number of benzene rings is 1. The fourth-order valence-corrected chi connectivity index (χ4v) is 6.00. The number of rotatable bonds is 5. The summed E-state index contributed by atoms with van der Waals surface area (Å²) in [6, 6.07) is 13.1. The number of quaternary nitrogens is 1. The molecule has 0 bridgehead atoms. The number of amides is 1. The highest BCUT2D eigenvalue weighted by Gasteiger charge is 2.35. The van der Waals surface area contributed by atoms with Crippen LogP contribution in [0.5, 0.6) is 0 Å². The number of carbonyl (C=O) groups excluding carboxylic acids is 1. The van der Waals surface area contributed by atoms with Gasteiger partial charge in [0, 0.05) is 22.5 Å². The first kappa shape index (κ1) is 19.4. The Morgan fingerprint density at radius 1 is 1.18 bits per heavy atom. The third kappa shape index (κ3) is 3.79. The van der Waals surface area contributed by atoms with Gasteiger partial charge in [0.05, 0.1) is 11.4 Å². The molecule has 1 aromatic carbocycles. The summed E-state index contributed by atoms with van der Waals surface area (Å²) in [7, 11) is 0. The predicted molar refractivity (Wildman–Crippen MR) is 119 cm³/mol. The molecule has 3 aromatic rings. The van der Waals surface area contributed by atoms with Gasteiger partial charge >= 0.3 is 0 Å². The van der Waals surface area contributed by atoms with Crippen LogP contribution in [-0.4, -0.2) is 19.0 Å². The number of hydrogen-bond acceptors (Lipinski definition) is 3. The van der Waals surface area contributed by atoms with Gasteiger partial charge in [0.1, 0.15) is 6.04 Å². The van der Waals surface area contributed by atoms with E-state index in [1.807, 2.05) is 11.3 Å². The van der Waals surface area contributed by atoms with Crippen molar-refractivity contribution in [2.75, 3.05) is 18.4 Å². The largest absolute Gasteiger partial charge is 0.321 e. The van der Waals surface area contributed by atoms with E-state index < -0.39 is 0 Å². The van der Waals surface area contributed by atoms with E-state index in [0.717, 1.165) is 24.2 Å². The van der Waals surface area contributed by atoms with Gasteiger partial charge in [-0.15, -0.1) is 22.7 Å². The maximum atomic E-state index is 13.0. The van der Waals surface area contributed by atoms with Gasteiger partial charge in [0.15, 0.2) is 6.54 Å². The van der Waals surface area contributed by atoms with Gasteiger partial charge in [-0.05, 0) is 46.9 Å². The van der Waals surface area contributed by atoms with E-state index in [2.05, 4.69) is 73.2 Å². The fraction of sp³-hybridized carbons (Fsp3) is 0.348. The minimum absolute atomic E-state index is 0.103. The van der Waals surface area contributed by atoms with Gasteiger partial charge in [0.2, 0.25) is 0 Å². The second kappa shape index (κ2) is 8.19. The van der Waals surface area contributed by atoms with Crippen LogP contribution in [0.3, 0.4) is 0 Å². The smallest absolute Gasteiger partial charge is 0.279 e. The molecule has 0 spiro atoms. The Hall–Kier alpha value is -1.95. The average Bonchev–Trinajstić information content (AvgIpc) is 3.34. The number of hydrogen-bond donors (Lipinski definition) is 2. The first-order chi connectivity index (χ1) is 13.5. The summed E-state index contributed by atoms with van der Waals surface area (Å²) in [6.45, 7) is 7.90. The standard InChI is InChI=1S/C23H26N2OS2/c1-15(2)17-7-4-6-16(3)22(17)24-21(26)14-25-11-9-19-18(10-13-28-19)23(25)20-8-5-12-27-20/h4-8,10,12-13,15,23H,9,11,14H2,1-3H3,(H,24,26)/p+1/t23-/m0/s1. The molecule has 2 N–H and O–H groups in total. The van der Waals surface area contributed by atoms with E-state index in [-0.39, 0.29) is 11.9 Å². The van der Waals surface area contributed by atoms with E-state index >= 15 is 0 Å². The van der Waals surface area contributed by atoms with Crippen molar-refractivity contribution in [2.24, 2.45) is 0 Å². The Morgan fingerprint density at radius 3 is 2.79 bits per heavy atom. The first-order valence-electron chi connectivity index (χ1n) is 9.88. The third-order valence-electron chi connectivity index (χ3n) is 5.58. The average molecular weight is 412 g/mol. The second-order valence-corrected chi connectivity index (χ2v) is 9.80. The number of nitrogens with one attached hydrogen (secondary N) is 2. The summed E-state index contributed by atoms with van der Waals surface area (Å²) in [4.78, 5) is 17.2. The van der Waals surface area contributed by atoms with Crippen molar-refractivity contribution in [1.29, 1.82) is 0 Å². The lowest BCUT2D eigenvalue weighted by atomic mass is 9.97. The maximum absolute atomic E-state index is 13.0. The molecule has 3 nitrogen and oxygen atoms in total. The molecule has 1 aliphatic rings. The van der Waals surface area contributed by atoms with Crippen molar-refractivity contribution >= 4 is 34.3 Å². The molecule has 1 amide bonds. The van der Waals surface area contributed by atoms with Crippen LogP contribution in [0.15, 0.2) is 47.2 Å². The summed E-state index contributed by atoms with van der Waals surface area (Å²) >= 11 is 3.64. The number of fused-ring (bicyclic) bond motifs is 1. The van der Waals surface area contributed by atoms with Gasteiger partial charge in [-0.1, -0.05) is 38.1 Å². The van der Waals surface area contributed by atoms with Crippen LogP contribution in [0.25, 0.3) is 0 Å². The summed E-state index contributed by atoms with van der Waals surface area (Å²) in [5, 5.41) is 7.56. The lowest BCUT2D eigenvalue weighted by Crippen LogP contribution is -3.14. The number of anilines is 1. The molecule has 2 aromatic heterocycles. The van der Waals surface area contributed by atoms with E-state index in [9.17, 15) is 4.79 Å². The lowest BCUT2D eigenvalue weighted by molar-refractivity contribution is -0.919. The minimum atomic E-state index is 0.103. The molecule has 2 atom stereocenters. The summed E-state index contributed by atoms with van der Waals surface area (Å²) in [6.07, 6.45) is 1.05. The topological polar surface area (TPSA) is 33.5 Å². The molecule has 1 aliphatic heterocycles. The highest BCUT2D eigenvalue weighted by Crippen LogP contribution is 2.32. The molecular weight excluding hydrogens is 384 g/mol. The number of para-hydroxylation sites is 1. The van der Waals surface area contributed by atoms with Gasteiger partial charge < -0.3 is 10.2 Å². The second-order valence-electron chi connectivity index (χ2n) is 7.82.